The molecule has 0 saturated carbocycles. The minimum absolute atomic E-state index is 0.240. The Bertz CT molecular complexity index is 1150. The zero-order valence-electron chi connectivity index (χ0n) is 16.8. The third kappa shape index (κ3) is 3.38. The summed E-state index contributed by atoms with van der Waals surface area (Å²) in [4.78, 5) is 13.0. The summed E-state index contributed by atoms with van der Waals surface area (Å²) >= 11 is 0. The van der Waals surface area contributed by atoms with Gasteiger partial charge in [0.05, 0.1) is 28.4 Å². The second-order valence-corrected chi connectivity index (χ2v) is 7.17. The van der Waals surface area contributed by atoms with Crippen LogP contribution in [0.3, 0.4) is 0 Å². The van der Waals surface area contributed by atoms with E-state index in [0.717, 1.165) is 22.6 Å². The topological polar surface area (TPSA) is 50.5 Å². The molecule has 0 spiro atoms. The molecule has 0 unspecified atom stereocenters. The van der Waals surface area contributed by atoms with Crippen LogP contribution in [0.4, 0.5) is 10.1 Å². The van der Waals surface area contributed by atoms with Gasteiger partial charge >= 0.3 is 0 Å². The molecule has 4 rings (SSSR count). The zero-order chi connectivity index (χ0) is 20.7. The standard InChI is InChI=1S/C23H21FN4O/c1-14-5-9-19(10-6-14)27-17(4)21(15(2)25-27)13-22-16(3)26-28(23(22)29)20-11-7-18(24)8-12-20/h5-13H,1-4H3/b22-13+. The number of hydrogen-bond acceptors (Lipinski definition) is 3. The molecule has 0 aliphatic carbocycles. The molecular weight excluding hydrogens is 367 g/mol. The lowest BCUT2D eigenvalue weighted by molar-refractivity contribution is -0.114. The van der Waals surface area contributed by atoms with Gasteiger partial charge in [0.2, 0.25) is 0 Å². The van der Waals surface area contributed by atoms with E-state index in [0.29, 0.717) is 17.0 Å². The SMILES string of the molecule is CC1=NN(c2ccc(F)cc2)C(=O)/C1=C/c1c(C)nn(-c2ccc(C)cc2)c1C. The number of rotatable bonds is 3. The van der Waals surface area contributed by atoms with Gasteiger partial charge in [0.1, 0.15) is 5.82 Å². The van der Waals surface area contributed by atoms with Gasteiger partial charge in [-0.15, -0.1) is 0 Å². The number of hydrazone groups is 1. The number of hydrogen-bond donors (Lipinski definition) is 0. The number of anilines is 1. The van der Waals surface area contributed by atoms with E-state index in [-0.39, 0.29) is 11.7 Å². The molecule has 1 aliphatic heterocycles. The van der Waals surface area contributed by atoms with Gasteiger partial charge in [0.15, 0.2) is 0 Å². The van der Waals surface area contributed by atoms with Crippen molar-refractivity contribution in [1.82, 2.24) is 9.78 Å². The number of aromatic nitrogens is 2. The lowest BCUT2D eigenvalue weighted by atomic mass is 10.1. The van der Waals surface area contributed by atoms with Gasteiger partial charge in [-0.05, 0) is 70.2 Å². The summed E-state index contributed by atoms with van der Waals surface area (Å²) in [6.45, 7) is 7.74. The Kier molecular flexibility index (Phi) is 4.62. The summed E-state index contributed by atoms with van der Waals surface area (Å²) in [6, 6.07) is 13.8. The van der Waals surface area contributed by atoms with E-state index in [1.807, 2.05) is 55.8 Å². The first-order valence-electron chi connectivity index (χ1n) is 9.35. The number of halogens is 1. The molecule has 0 saturated heterocycles. The van der Waals surface area contributed by atoms with Gasteiger partial charge in [-0.25, -0.2) is 9.07 Å². The summed E-state index contributed by atoms with van der Waals surface area (Å²) in [7, 11) is 0. The Morgan fingerprint density at radius 1 is 0.897 bits per heavy atom. The fourth-order valence-electron chi connectivity index (χ4n) is 3.39. The first-order valence-corrected chi connectivity index (χ1v) is 9.35. The van der Waals surface area contributed by atoms with Crippen LogP contribution in [0, 0.1) is 26.6 Å². The summed E-state index contributed by atoms with van der Waals surface area (Å²) in [5, 5.41) is 10.3. The third-order valence-electron chi connectivity index (χ3n) is 5.05. The molecule has 0 atom stereocenters. The Labute approximate surface area is 168 Å². The largest absolute Gasteiger partial charge is 0.280 e. The van der Waals surface area contributed by atoms with E-state index in [4.69, 9.17) is 0 Å². The van der Waals surface area contributed by atoms with Gasteiger partial charge in [-0.3, -0.25) is 4.79 Å². The maximum atomic E-state index is 13.2. The fraction of sp³-hybridized carbons (Fsp3) is 0.174. The van der Waals surface area contributed by atoms with Crippen molar-refractivity contribution in [2.75, 3.05) is 5.01 Å². The van der Waals surface area contributed by atoms with Crippen LogP contribution < -0.4 is 5.01 Å². The van der Waals surface area contributed by atoms with E-state index < -0.39 is 0 Å². The highest BCUT2D eigenvalue weighted by molar-refractivity contribution is 6.32. The van der Waals surface area contributed by atoms with Crippen LogP contribution in [0.25, 0.3) is 11.8 Å². The minimum atomic E-state index is -0.355. The average molecular weight is 388 g/mol. The molecule has 1 aliphatic rings. The van der Waals surface area contributed by atoms with Crippen LogP contribution in [-0.4, -0.2) is 21.4 Å². The number of amides is 1. The van der Waals surface area contributed by atoms with Gasteiger partial charge in [-0.2, -0.15) is 15.2 Å². The lowest BCUT2D eigenvalue weighted by Gasteiger charge is -2.11. The first kappa shape index (κ1) is 18.8. The molecule has 29 heavy (non-hydrogen) atoms. The van der Waals surface area contributed by atoms with Crippen molar-refractivity contribution in [3.63, 3.8) is 0 Å². The first-order chi connectivity index (χ1) is 13.8. The Balaban J connectivity index is 1.71. The van der Waals surface area contributed by atoms with E-state index in [1.54, 1.807) is 19.1 Å². The maximum Gasteiger partial charge on any atom is 0.280 e. The number of nitrogens with zero attached hydrogens (tertiary/aromatic N) is 4. The van der Waals surface area contributed by atoms with Crippen molar-refractivity contribution in [1.29, 1.82) is 0 Å². The van der Waals surface area contributed by atoms with Crippen LogP contribution in [0.1, 0.15) is 29.4 Å². The molecule has 0 radical (unpaired) electrons. The number of carbonyl (C=O) groups is 1. The molecule has 0 fully saturated rings. The van der Waals surface area contributed by atoms with Crippen molar-refractivity contribution < 1.29 is 9.18 Å². The van der Waals surface area contributed by atoms with E-state index in [1.165, 1.54) is 22.7 Å². The van der Waals surface area contributed by atoms with Crippen LogP contribution >= 0.6 is 0 Å². The van der Waals surface area contributed by atoms with Gasteiger partial charge in [-0.1, -0.05) is 17.7 Å². The highest BCUT2D eigenvalue weighted by Gasteiger charge is 2.29. The van der Waals surface area contributed by atoms with Crippen LogP contribution in [0.5, 0.6) is 0 Å². The van der Waals surface area contributed by atoms with Crippen LogP contribution in [0.2, 0.25) is 0 Å². The molecule has 3 aromatic rings. The minimum Gasteiger partial charge on any atom is -0.267 e. The molecule has 0 bridgehead atoms. The summed E-state index contributed by atoms with van der Waals surface area (Å²) in [5.74, 6) is -0.595. The van der Waals surface area contributed by atoms with Crippen LogP contribution in [0.15, 0.2) is 59.2 Å². The molecule has 5 nitrogen and oxygen atoms in total. The maximum absolute atomic E-state index is 13.2. The summed E-state index contributed by atoms with van der Waals surface area (Å²) < 4.78 is 15.1. The predicted octanol–water partition coefficient (Wildman–Crippen LogP) is 4.74. The lowest BCUT2D eigenvalue weighted by Crippen LogP contribution is -2.21. The van der Waals surface area contributed by atoms with E-state index in [9.17, 15) is 9.18 Å². The Morgan fingerprint density at radius 2 is 1.52 bits per heavy atom. The zero-order valence-corrected chi connectivity index (χ0v) is 16.8. The monoisotopic (exact) mass is 388 g/mol. The van der Waals surface area contributed by atoms with Gasteiger partial charge in [0.25, 0.3) is 5.91 Å². The normalized spacial score (nSPS) is 15.3. The quantitative estimate of drug-likeness (QED) is 0.609. The number of aryl methyl sites for hydroxylation is 2. The van der Waals surface area contributed by atoms with Gasteiger partial charge in [0, 0.05) is 11.3 Å². The van der Waals surface area contributed by atoms with E-state index >= 15 is 0 Å². The molecule has 6 heteroatoms. The second-order valence-electron chi connectivity index (χ2n) is 7.17. The Morgan fingerprint density at radius 3 is 2.17 bits per heavy atom. The number of benzene rings is 2. The highest BCUT2D eigenvalue weighted by Crippen LogP contribution is 2.27. The van der Waals surface area contributed by atoms with E-state index in [2.05, 4.69) is 10.2 Å². The molecule has 0 N–H and O–H groups in total. The summed E-state index contributed by atoms with van der Waals surface area (Å²) in [6.07, 6.45) is 1.84. The van der Waals surface area contributed by atoms with Crippen molar-refractivity contribution in [2.45, 2.75) is 27.7 Å². The predicted molar refractivity (Wildman–Crippen MR) is 113 cm³/mol. The molecule has 2 aromatic carbocycles. The molecule has 1 amide bonds. The van der Waals surface area contributed by atoms with Crippen molar-refractivity contribution >= 4 is 23.4 Å². The highest BCUT2D eigenvalue weighted by atomic mass is 19.1. The fourth-order valence-corrected chi connectivity index (χ4v) is 3.39. The smallest absolute Gasteiger partial charge is 0.267 e. The molecule has 146 valence electrons. The Hall–Kier alpha value is -3.54. The summed E-state index contributed by atoms with van der Waals surface area (Å²) in [5.41, 5.74) is 6.47. The third-order valence-corrected chi connectivity index (χ3v) is 5.05. The van der Waals surface area contributed by atoms with Crippen molar-refractivity contribution in [3.05, 3.63) is 82.4 Å². The van der Waals surface area contributed by atoms with Crippen LogP contribution in [-0.2, 0) is 4.79 Å². The second kappa shape index (κ2) is 7.13. The van der Waals surface area contributed by atoms with Crippen molar-refractivity contribution in [2.24, 2.45) is 5.10 Å². The molecule has 2 heterocycles. The molecular formula is C23H21FN4O. The number of carbonyl (C=O) groups excluding carboxylic acids is 1. The van der Waals surface area contributed by atoms with Crippen molar-refractivity contribution in [3.8, 4) is 5.69 Å². The molecule has 1 aromatic heterocycles. The van der Waals surface area contributed by atoms with Gasteiger partial charge < -0.3 is 0 Å². The average Bonchev–Trinajstić information content (AvgIpc) is 3.14.